The van der Waals surface area contributed by atoms with Crippen LogP contribution in [0.3, 0.4) is 0 Å². The Labute approximate surface area is 149 Å². The Kier molecular flexibility index (Phi) is 13.4. The molecule has 0 amide bonds. The number of unbranched alkanes of at least 4 members (excludes halogenated alkanes) is 9. The van der Waals surface area contributed by atoms with Crippen molar-refractivity contribution in [3.63, 3.8) is 0 Å². The van der Waals surface area contributed by atoms with Gasteiger partial charge in [-0.25, -0.2) is 8.98 Å². The summed E-state index contributed by atoms with van der Waals surface area (Å²) in [5.41, 5.74) is 0. The minimum atomic E-state index is -4.93. The van der Waals surface area contributed by atoms with Gasteiger partial charge in [-0.3, -0.25) is 9.35 Å². The molecule has 0 rings (SSSR count). The van der Waals surface area contributed by atoms with Crippen molar-refractivity contribution in [1.82, 2.24) is 0 Å². The maximum atomic E-state index is 11.6. The fraction of sp³-hybridized carbons (Fsp3) is 0.875. The maximum Gasteiger partial charge on any atom is 0.398 e. The van der Waals surface area contributed by atoms with Crippen LogP contribution in [0.5, 0.6) is 0 Å². The highest BCUT2D eigenvalue weighted by molar-refractivity contribution is 7.80. The van der Waals surface area contributed by atoms with E-state index in [2.05, 4.69) is 11.1 Å². The van der Waals surface area contributed by atoms with E-state index in [0.717, 1.165) is 19.3 Å². The summed E-state index contributed by atoms with van der Waals surface area (Å²) in [5.74, 6) is -2.56. The van der Waals surface area contributed by atoms with Crippen molar-refractivity contribution in [2.24, 2.45) is 0 Å². The number of carboxylic acid groups (broad SMARTS) is 1. The molecule has 25 heavy (non-hydrogen) atoms. The van der Waals surface area contributed by atoms with Crippen molar-refractivity contribution in [2.75, 3.05) is 6.61 Å². The van der Waals surface area contributed by atoms with Crippen LogP contribution in [0.4, 0.5) is 0 Å². The molecule has 0 aliphatic carbocycles. The van der Waals surface area contributed by atoms with Gasteiger partial charge in [0.1, 0.15) is 0 Å². The van der Waals surface area contributed by atoms with Crippen LogP contribution in [-0.4, -0.2) is 42.7 Å². The lowest BCUT2D eigenvalue weighted by Crippen LogP contribution is -2.31. The van der Waals surface area contributed by atoms with Crippen molar-refractivity contribution in [3.05, 3.63) is 0 Å². The lowest BCUT2D eigenvalue weighted by molar-refractivity contribution is -0.156. The normalized spacial score (nSPS) is 12.7. The van der Waals surface area contributed by atoms with Gasteiger partial charge in [0.25, 0.3) is 0 Å². The predicted molar refractivity (Wildman–Crippen MR) is 91.5 cm³/mol. The van der Waals surface area contributed by atoms with Crippen LogP contribution in [0.25, 0.3) is 0 Å². The average Bonchev–Trinajstić information content (AvgIpc) is 2.50. The largest absolute Gasteiger partial charge is 0.481 e. The molecule has 148 valence electrons. The molecule has 0 radical (unpaired) electrons. The molecule has 9 heteroatoms. The molecule has 0 bridgehead atoms. The first kappa shape index (κ1) is 23.8. The molecule has 8 nitrogen and oxygen atoms in total. The van der Waals surface area contributed by atoms with E-state index in [1.54, 1.807) is 0 Å². The number of carboxylic acids is 1. The highest BCUT2D eigenvalue weighted by atomic mass is 32.3. The summed E-state index contributed by atoms with van der Waals surface area (Å²) in [7, 11) is -4.93. The average molecular weight is 382 g/mol. The number of hydrogen-bond donors (Lipinski definition) is 2. The maximum absolute atomic E-state index is 11.6. The Morgan fingerprint density at radius 2 is 1.40 bits per heavy atom. The molecule has 0 fully saturated rings. The molecule has 0 aromatic carbocycles. The van der Waals surface area contributed by atoms with Crippen molar-refractivity contribution in [1.29, 1.82) is 0 Å². The van der Waals surface area contributed by atoms with Crippen LogP contribution < -0.4 is 0 Å². The lowest BCUT2D eigenvalue weighted by atomic mass is 10.1. The molecule has 0 heterocycles. The fourth-order valence-electron chi connectivity index (χ4n) is 2.32. The third kappa shape index (κ3) is 16.0. The molecule has 1 atom stereocenters. The Balaban J connectivity index is 3.80. The number of carbonyl (C=O) groups excluding carboxylic acids is 1. The van der Waals surface area contributed by atoms with Crippen LogP contribution in [0.2, 0.25) is 0 Å². The third-order valence-electron chi connectivity index (χ3n) is 3.60. The second-order valence-corrected chi connectivity index (χ2v) is 7.01. The number of aliphatic carboxylic acids is 1. The van der Waals surface area contributed by atoms with Gasteiger partial charge in [-0.05, 0) is 6.42 Å². The number of esters is 1. The third-order valence-corrected chi connectivity index (χ3v) is 4.08. The second kappa shape index (κ2) is 14.0. The molecule has 0 spiro atoms. The fourth-order valence-corrected chi connectivity index (χ4v) is 2.76. The molecule has 0 aliphatic heterocycles. The van der Waals surface area contributed by atoms with Gasteiger partial charge in [0.15, 0.2) is 6.10 Å². The number of rotatable bonds is 16. The zero-order chi connectivity index (χ0) is 19.1. The van der Waals surface area contributed by atoms with E-state index in [1.165, 1.54) is 38.5 Å². The van der Waals surface area contributed by atoms with Gasteiger partial charge < -0.3 is 9.84 Å². The standard InChI is InChI=1S/C16H30O8S/c1-2-3-4-5-6-7-8-9-10-11-12-23-16(19)14(13-15(17)18)24-25(20,21)22/h14H,2-13H2,1H3,(H,17,18)(H,20,21,22). The van der Waals surface area contributed by atoms with Crippen LogP contribution in [0.15, 0.2) is 0 Å². The molecule has 0 saturated carbocycles. The molecular formula is C16H30O8S. The highest BCUT2D eigenvalue weighted by Crippen LogP contribution is 2.11. The van der Waals surface area contributed by atoms with E-state index in [-0.39, 0.29) is 6.61 Å². The summed E-state index contributed by atoms with van der Waals surface area (Å²) >= 11 is 0. The van der Waals surface area contributed by atoms with Gasteiger partial charge in [-0.1, -0.05) is 64.7 Å². The zero-order valence-corrected chi connectivity index (χ0v) is 15.6. The summed E-state index contributed by atoms with van der Waals surface area (Å²) in [6.07, 6.45) is 8.33. The monoisotopic (exact) mass is 382 g/mol. The molecular weight excluding hydrogens is 352 g/mol. The van der Waals surface area contributed by atoms with E-state index in [1.807, 2.05) is 0 Å². The molecule has 0 saturated heterocycles. The van der Waals surface area contributed by atoms with Crippen molar-refractivity contribution >= 4 is 22.3 Å². The van der Waals surface area contributed by atoms with Crippen LogP contribution in [-0.2, 0) is 28.9 Å². The number of carbonyl (C=O) groups is 2. The Bertz CT molecular complexity index is 475. The topological polar surface area (TPSA) is 127 Å². The van der Waals surface area contributed by atoms with Crippen molar-refractivity contribution in [2.45, 2.75) is 83.7 Å². The smallest absolute Gasteiger partial charge is 0.398 e. The van der Waals surface area contributed by atoms with Gasteiger partial charge >= 0.3 is 22.3 Å². The van der Waals surface area contributed by atoms with Gasteiger partial charge in [0, 0.05) is 0 Å². The van der Waals surface area contributed by atoms with Gasteiger partial charge in [-0.2, -0.15) is 8.42 Å². The Morgan fingerprint density at radius 1 is 0.920 bits per heavy atom. The van der Waals surface area contributed by atoms with E-state index in [9.17, 15) is 18.0 Å². The molecule has 0 aliphatic rings. The SMILES string of the molecule is CCCCCCCCCCCCOC(=O)C(CC(=O)O)OS(=O)(=O)O. The Morgan fingerprint density at radius 3 is 1.84 bits per heavy atom. The predicted octanol–water partition coefficient (Wildman–Crippen LogP) is 3.11. The summed E-state index contributed by atoms with van der Waals surface area (Å²) in [6, 6.07) is 0. The van der Waals surface area contributed by atoms with E-state index in [4.69, 9.17) is 14.4 Å². The first-order chi connectivity index (χ1) is 11.8. The van der Waals surface area contributed by atoms with Crippen molar-refractivity contribution < 1.29 is 36.6 Å². The molecule has 0 aromatic rings. The molecule has 1 unspecified atom stereocenters. The number of ether oxygens (including phenoxy) is 1. The second-order valence-electron chi connectivity index (χ2n) is 5.96. The number of hydrogen-bond acceptors (Lipinski definition) is 6. The van der Waals surface area contributed by atoms with Gasteiger partial charge in [-0.15, -0.1) is 0 Å². The summed E-state index contributed by atoms with van der Waals surface area (Å²) < 4.78 is 38.7. The van der Waals surface area contributed by atoms with Crippen LogP contribution in [0.1, 0.15) is 77.6 Å². The minimum Gasteiger partial charge on any atom is -0.481 e. The van der Waals surface area contributed by atoms with E-state index < -0.39 is 34.9 Å². The van der Waals surface area contributed by atoms with Crippen molar-refractivity contribution in [3.8, 4) is 0 Å². The zero-order valence-electron chi connectivity index (χ0n) is 14.8. The van der Waals surface area contributed by atoms with E-state index >= 15 is 0 Å². The summed E-state index contributed by atoms with van der Waals surface area (Å²) in [6.45, 7) is 2.24. The van der Waals surface area contributed by atoms with Crippen LogP contribution in [0, 0.1) is 0 Å². The minimum absolute atomic E-state index is 0.0558. The Hall–Kier alpha value is -1.19. The highest BCUT2D eigenvalue weighted by Gasteiger charge is 2.29. The lowest BCUT2D eigenvalue weighted by Gasteiger charge is -2.12. The first-order valence-electron chi connectivity index (χ1n) is 8.80. The molecule has 2 N–H and O–H groups in total. The van der Waals surface area contributed by atoms with E-state index in [0.29, 0.717) is 6.42 Å². The van der Waals surface area contributed by atoms with Crippen LogP contribution >= 0.6 is 0 Å². The van der Waals surface area contributed by atoms with Gasteiger partial charge in [0.2, 0.25) is 0 Å². The quantitative estimate of drug-likeness (QED) is 0.237. The summed E-state index contributed by atoms with van der Waals surface area (Å²) in [5, 5.41) is 8.63. The summed E-state index contributed by atoms with van der Waals surface area (Å²) in [4.78, 5) is 22.2. The van der Waals surface area contributed by atoms with Gasteiger partial charge in [0.05, 0.1) is 13.0 Å². The molecule has 0 aromatic heterocycles. The first-order valence-corrected chi connectivity index (χ1v) is 10.2.